The average Bonchev–Trinajstić information content (AvgIpc) is 1.90. The first-order valence-electron chi connectivity index (χ1n) is 1.98. The third-order valence-corrected chi connectivity index (χ3v) is 0.606. The Morgan fingerprint density at radius 1 is 1.17 bits per heavy atom. The van der Waals surface area contributed by atoms with Gasteiger partial charge in [-0.1, -0.05) is 5.69 Å². The van der Waals surface area contributed by atoms with Crippen molar-refractivity contribution in [2.75, 3.05) is 0 Å². The summed E-state index contributed by atoms with van der Waals surface area (Å²) in [6.07, 6.45) is 6.16. The number of nitro groups is 1. The third kappa shape index (κ3) is 7.22. The Morgan fingerprint density at radius 2 is 1.58 bits per heavy atom. The monoisotopic (exact) mass is 389 g/mol. The van der Waals surface area contributed by atoms with Gasteiger partial charge in [-0.25, -0.2) is 0 Å². The molecule has 0 aliphatic carbocycles. The van der Waals surface area contributed by atoms with Gasteiger partial charge in [-0.15, -0.1) is 0 Å². The van der Waals surface area contributed by atoms with Gasteiger partial charge >= 0.3 is 0 Å². The zero-order chi connectivity index (χ0) is 6.69. The zero-order valence-electron chi connectivity index (χ0n) is 5.89. The molecule has 0 aliphatic rings. The zero-order valence-corrected chi connectivity index (χ0v) is 14.4. The Hall–Kier alpha value is 1.79. The van der Waals surface area contributed by atoms with Crippen LogP contribution in [0.3, 0.4) is 0 Å². The van der Waals surface area contributed by atoms with Crippen molar-refractivity contribution in [1.29, 1.82) is 0 Å². The smallest absolute Gasteiger partial charge is 0 e. The molecule has 1 rings (SSSR count). The molecule has 0 N–H and O–H groups in total. The van der Waals surface area contributed by atoms with Gasteiger partial charge in [0.05, 0.1) is 0 Å². The van der Waals surface area contributed by atoms with Crippen molar-refractivity contribution in [2.24, 2.45) is 0 Å². The Bertz CT molecular complexity index is 220. The van der Waals surface area contributed by atoms with Crippen molar-refractivity contribution < 1.29 is 103 Å². The normalized spacial score (nSPS) is 6.67. The predicted octanol–water partition coefficient (Wildman–Crippen LogP) is -0.222. The third-order valence-electron chi connectivity index (χ3n) is 0.606. The molecule has 3 radical (unpaired) electrons. The molecule has 8 heteroatoms. The molecule has 0 spiro atoms. The van der Waals surface area contributed by atoms with Crippen LogP contribution in [0.5, 0.6) is 0 Å². The molecule has 0 fully saturated rings. The molecule has 1 aromatic rings. The molecule has 0 saturated carbocycles. The van der Waals surface area contributed by atoms with E-state index in [4.69, 9.17) is 0 Å². The second kappa shape index (κ2) is 10.9. The van der Waals surface area contributed by atoms with E-state index in [9.17, 15) is 10.1 Å². The summed E-state index contributed by atoms with van der Waals surface area (Å²) in [4.78, 5) is 15.5. The summed E-state index contributed by atoms with van der Waals surface area (Å²) in [7, 11) is 0. The molecule has 0 bridgehead atoms. The Labute approximate surface area is 145 Å². The second-order valence-corrected chi connectivity index (χ2v) is 1.15. The van der Waals surface area contributed by atoms with E-state index in [1.165, 1.54) is 0 Å². The summed E-state index contributed by atoms with van der Waals surface area (Å²) >= 11 is 0. The summed E-state index contributed by atoms with van der Waals surface area (Å²) in [6.45, 7) is 0. The molecule has 1 heterocycles. The maximum absolute atomic E-state index is 9.85. The molecular weight excluding hydrogens is 389 g/mol. The van der Waals surface area contributed by atoms with Crippen LogP contribution in [-0.2, 0) is 98.1 Å². The van der Waals surface area contributed by atoms with E-state index in [-0.39, 0.29) is 104 Å². The van der Waals surface area contributed by atoms with Crippen molar-refractivity contribution in [1.82, 2.24) is 9.97 Å². The predicted molar refractivity (Wildman–Crippen MR) is 25.2 cm³/mol. The molecule has 0 saturated heterocycles. The molecule has 0 aromatic carbocycles. The molecule has 5 nitrogen and oxygen atoms in total. The molecule has 0 aliphatic heterocycles. The summed E-state index contributed by atoms with van der Waals surface area (Å²) in [5.74, 6) is 0. The summed E-state index contributed by atoms with van der Waals surface area (Å²) in [5.41, 5.74) is -0.367. The molecule has 0 atom stereocenters. The van der Waals surface area contributed by atoms with Crippen molar-refractivity contribution in [3.8, 4) is 0 Å². The van der Waals surface area contributed by atoms with Crippen molar-refractivity contribution in [2.45, 2.75) is 0 Å². The standard InChI is InChI=1S/C4N3O2.3Y/c8-7(9)4-1-5-3-6-2-4;;;/q-3;;;. The minimum absolute atomic E-state index is 0. The maximum atomic E-state index is 9.85. The maximum Gasteiger partial charge on any atom is 0 e. The fourth-order valence-corrected chi connectivity index (χ4v) is 0.288. The van der Waals surface area contributed by atoms with Crippen LogP contribution >= 0.6 is 0 Å². The Kier molecular flexibility index (Phi) is 17.6. The van der Waals surface area contributed by atoms with Gasteiger partial charge in [0, 0.05) is 98.1 Å². The van der Waals surface area contributed by atoms with Gasteiger partial charge in [-0.3, -0.25) is 10.1 Å². The number of rotatable bonds is 1. The minimum atomic E-state index is -0.673. The summed E-state index contributed by atoms with van der Waals surface area (Å²) in [5, 5.41) is 9.85. The van der Waals surface area contributed by atoms with Crippen LogP contribution in [0.15, 0.2) is 0 Å². The van der Waals surface area contributed by atoms with Crippen LogP contribution in [0, 0.1) is 28.8 Å². The average molecular weight is 389 g/mol. The van der Waals surface area contributed by atoms with Gasteiger partial charge in [0.1, 0.15) is 0 Å². The summed E-state index contributed by atoms with van der Waals surface area (Å²) in [6, 6.07) is 0. The quantitative estimate of drug-likeness (QED) is 0.379. The van der Waals surface area contributed by atoms with E-state index in [1.54, 1.807) is 0 Å². The van der Waals surface area contributed by atoms with E-state index in [2.05, 4.69) is 16.3 Å². The number of aromatic nitrogens is 2. The number of hydrogen-bond donors (Lipinski definition) is 0. The van der Waals surface area contributed by atoms with Crippen molar-refractivity contribution >= 4 is 5.69 Å². The van der Waals surface area contributed by atoms with Gasteiger partial charge in [-0.2, -0.15) is 0 Å². The fraction of sp³-hybridized carbons (Fsp3) is 0. The van der Waals surface area contributed by atoms with Crippen molar-refractivity contribution in [3.05, 3.63) is 28.8 Å². The molecule has 12 heavy (non-hydrogen) atoms. The topological polar surface area (TPSA) is 68.9 Å². The van der Waals surface area contributed by atoms with Crippen LogP contribution < -0.4 is 0 Å². The molecule has 0 unspecified atom stereocenters. The Morgan fingerprint density at radius 3 is 1.83 bits per heavy atom. The molecule has 0 amide bonds. The minimum Gasteiger partial charge on any atom is -0.658 e. The molecule has 1 aromatic heterocycles. The van der Waals surface area contributed by atoms with E-state index >= 15 is 0 Å². The van der Waals surface area contributed by atoms with Crippen LogP contribution in [0.1, 0.15) is 0 Å². The van der Waals surface area contributed by atoms with Gasteiger partial charge in [0.15, 0.2) is 0 Å². The van der Waals surface area contributed by atoms with Gasteiger partial charge in [-0.05, 0) is 4.92 Å². The van der Waals surface area contributed by atoms with Crippen LogP contribution in [0.4, 0.5) is 5.69 Å². The van der Waals surface area contributed by atoms with Crippen LogP contribution in [0.2, 0.25) is 0 Å². The SMILES string of the molecule is O=[N+]([O-])c1[c-]n[c-]n[c-]1.[Y].[Y].[Y]. The fourth-order valence-electron chi connectivity index (χ4n) is 0.288. The van der Waals surface area contributed by atoms with E-state index in [0.717, 1.165) is 0 Å². The van der Waals surface area contributed by atoms with E-state index < -0.39 is 4.92 Å². The molecular formula is C4N3O2Y3-3. The van der Waals surface area contributed by atoms with Gasteiger partial charge in [0.2, 0.25) is 0 Å². The first-order chi connectivity index (χ1) is 4.30. The number of nitrogens with zero attached hydrogens (tertiary/aromatic N) is 3. The summed E-state index contributed by atoms with van der Waals surface area (Å²) < 4.78 is 0. The van der Waals surface area contributed by atoms with E-state index in [0.29, 0.717) is 0 Å². The van der Waals surface area contributed by atoms with Crippen LogP contribution in [0.25, 0.3) is 0 Å². The van der Waals surface area contributed by atoms with E-state index in [1.807, 2.05) is 12.4 Å². The van der Waals surface area contributed by atoms with Crippen LogP contribution in [-0.4, -0.2) is 14.9 Å². The van der Waals surface area contributed by atoms with Crippen molar-refractivity contribution in [3.63, 3.8) is 0 Å². The number of hydrogen-bond acceptors (Lipinski definition) is 4. The second-order valence-electron chi connectivity index (χ2n) is 1.15. The first kappa shape index (κ1) is 19.4. The largest absolute Gasteiger partial charge is 0.658 e. The Balaban J connectivity index is -0.000000270. The molecule has 55 valence electrons. The first-order valence-corrected chi connectivity index (χ1v) is 1.98. The van der Waals surface area contributed by atoms with Gasteiger partial charge < -0.3 is 28.7 Å². The van der Waals surface area contributed by atoms with Gasteiger partial charge in [0.25, 0.3) is 0 Å².